The number of alkyl halides is 3. The van der Waals surface area contributed by atoms with Gasteiger partial charge < -0.3 is 4.90 Å². The zero-order valence-electron chi connectivity index (χ0n) is 20.0. The highest BCUT2D eigenvalue weighted by atomic mass is 19.4. The number of aromatic nitrogens is 3. The van der Waals surface area contributed by atoms with Crippen molar-refractivity contribution in [1.29, 1.82) is 0 Å². The van der Waals surface area contributed by atoms with Gasteiger partial charge in [0.05, 0.1) is 5.69 Å². The van der Waals surface area contributed by atoms with E-state index in [2.05, 4.69) is 17.0 Å². The first kappa shape index (κ1) is 22.6. The van der Waals surface area contributed by atoms with Crippen molar-refractivity contribution in [2.24, 2.45) is 11.8 Å². The molecule has 1 aliphatic heterocycles. The fraction of sp³-hybridized carbons (Fsp3) is 0.519. The minimum atomic E-state index is -4.62. The zero-order valence-corrected chi connectivity index (χ0v) is 20.0. The topological polar surface area (TPSA) is 50.5 Å². The number of hydrogen-bond acceptors (Lipinski definition) is 3. The molecule has 0 radical (unpaired) electrons. The molecule has 184 valence electrons. The summed E-state index contributed by atoms with van der Waals surface area (Å²) in [5.41, 5.74) is 1.50. The Labute approximate surface area is 202 Å². The Bertz CT molecular complexity index is 1310. The van der Waals surface area contributed by atoms with Crippen LogP contribution in [0.2, 0.25) is 0 Å². The Morgan fingerprint density at radius 1 is 1.06 bits per heavy atom. The van der Waals surface area contributed by atoms with E-state index in [9.17, 15) is 18.0 Å². The molecule has 6 rings (SSSR count). The maximum Gasteiger partial charge on any atom is 0.433 e. The molecular weight excluding hydrogens is 453 g/mol. The maximum absolute atomic E-state index is 14.4. The Morgan fingerprint density at radius 2 is 1.86 bits per heavy atom. The predicted molar refractivity (Wildman–Crippen MR) is 126 cm³/mol. The third-order valence-corrected chi connectivity index (χ3v) is 8.33. The van der Waals surface area contributed by atoms with Crippen LogP contribution in [0.5, 0.6) is 0 Å². The van der Waals surface area contributed by atoms with E-state index >= 15 is 0 Å². The monoisotopic (exact) mass is 482 g/mol. The van der Waals surface area contributed by atoms with Crippen LogP contribution >= 0.6 is 0 Å². The molecular formula is C27H29F3N4O. The molecule has 35 heavy (non-hydrogen) atoms. The summed E-state index contributed by atoms with van der Waals surface area (Å²) in [6, 6.07) is 9.07. The lowest BCUT2D eigenvalue weighted by Gasteiger charge is -2.48. The number of halogens is 3. The van der Waals surface area contributed by atoms with Crippen LogP contribution in [-0.2, 0) is 19.0 Å². The molecule has 1 aromatic carbocycles. The SMILES string of the molecule is C[C@@H]1CC[C@@H]2[C@@H](CC[C@H](C)N2C(=O)c2cc3nc4c(c(C(F)(F)F)n3n2)CCc2ccccc2-4)C1. The molecule has 3 aromatic rings. The summed E-state index contributed by atoms with van der Waals surface area (Å²) in [6.45, 7) is 4.30. The van der Waals surface area contributed by atoms with Gasteiger partial charge in [0.25, 0.3) is 5.91 Å². The third kappa shape index (κ3) is 3.64. The zero-order chi connectivity index (χ0) is 24.5. The van der Waals surface area contributed by atoms with Gasteiger partial charge in [0.15, 0.2) is 17.0 Å². The van der Waals surface area contributed by atoms with E-state index in [-0.39, 0.29) is 41.3 Å². The van der Waals surface area contributed by atoms with Gasteiger partial charge in [0.1, 0.15) is 0 Å². The van der Waals surface area contributed by atoms with E-state index in [1.54, 1.807) is 0 Å². The number of hydrogen-bond donors (Lipinski definition) is 0. The lowest BCUT2D eigenvalue weighted by atomic mass is 9.72. The number of carbonyl (C=O) groups excluding carboxylic acids is 1. The van der Waals surface area contributed by atoms with Crippen molar-refractivity contribution in [3.63, 3.8) is 0 Å². The van der Waals surface area contributed by atoms with Crippen molar-refractivity contribution in [1.82, 2.24) is 19.5 Å². The number of aryl methyl sites for hydroxylation is 1. The van der Waals surface area contributed by atoms with Gasteiger partial charge in [-0.2, -0.15) is 18.3 Å². The van der Waals surface area contributed by atoms with Crippen molar-refractivity contribution in [2.75, 3.05) is 0 Å². The Morgan fingerprint density at radius 3 is 2.66 bits per heavy atom. The largest absolute Gasteiger partial charge is 0.433 e. The fourth-order valence-corrected chi connectivity index (χ4v) is 6.69. The number of fused-ring (bicyclic) bond motifs is 5. The van der Waals surface area contributed by atoms with Gasteiger partial charge in [0.2, 0.25) is 0 Å². The number of nitrogens with zero attached hydrogens (tertiary/aromatic N) is 4. The highest BCUT2D eigenvalue weighted by Gasteiger charge is 2.43. The molecule has 3 heterocycles. The Hall–Kier alpha value is -2.90. The van der Waals surface area contributed by atoms with Crippen molar-refractivity contribution >= 4 is 11.6 Å². The molecule has 2 fully saturated rings. The lowest BCUT2D eigenvalue weighted by Crippen LogP contribution is -2.54. The van der Waals surface area contributed by atoms with Gasteiger partial charge >= 0.3 is 6.18 Å². The average molecular weight is 483 g/mol. The minimum absolute atomic E-state index is 0.0390. The molecule has 4 atom stereocenters. The van der Waals surface area contributed by atoms with Crippen LogP contribution in [0.1, 0.15) is 73.3 Å². The number of amides is 1. The standard InChI is InChI=1S/C27H29F3N4O/c1-15-7-12-22-18(13-15)9-8-16(2)33(22)26(35)21-14-23-31-24-19-6-4-3-5-17(19)10-11-20(24)25(27(28,29)30)34(23)32-21/h3-6,14-16,18,22H,7-13H2,1-2H3/t15-,16+,18+,22-/m1/s1. The van der Waals surface area contributed by atoms with Gasteiger partial charge in [-0.3, -0.25) is 4.79 Å². The summed E-state index contributed by atoms with van der Waals surface area (Å²) < 4.78 is 44.0. The van der Waals surface area contributed by atoms with E-state index in [1.165, 1.54) is 6.07 Å². The molecule has 5 nitrogen and oxygen atoms in total. The fourth-order valence-electron chi connectivity index (χ4n) is 6.69. The minimum Gasteiger partial charge on any atom is -0.331 e. The molecule has 8 heteroatoms. The number of carbonyl (C=O) groups is 1. The van der Waals surface area contributed by atoms with Crippen LogP contribution in [0, 0.1) is 11.8 Å². The van der Waals surface area contributed by atoms with E-state index in [0.717, 1.165) is 47.7 Å². The smallest absolute Gasteiger partial charge is 0.331 e. The third-order valence-electron chi connectivity index (χ3n) is 8.33. The van der Waals surface area contributed by atoms with Crippen molar-refractivity contribution in [3.05, 3.63) is 52.8 Å². The van der Waals surface area contributed by atoms with Gasteiger partial charge in [-0.15, -0.1) is 0 Å². The van der Waals surface area contributed by atoms with Crippen LogP contribution < -0.4 is 0 Å². The molecule has 1 saturated carbocycles. The van der Waals surface area contributed by atoms with Crippen molar-refractivity contribution in [2.45, 2.75) is 77.1 Å². The number of benzene rings is 1. The average Bonchev–Trinajstić information content (AvgIpc) is 3.25. The predicted octanol–water partition coefficient (Wildman–Crippen LogP) is 5.94. The first-order valence-electron chi connectivity index (χ1n) is 12.6. The first-order valence-corrected chi connectivity index (χ1v) is 12.6. The highest BCUT2D eigenvalue weighted by Crippen LogP contribution is 2.42. The number of likely N-dealkylation sites (tertiary alicyclic amines) is 1. The van der Waals surface area contributed by atoms with Gasteiger partial charge in [-0.05, 0) is 69.3 Å². The molecule has 1 saturated heterocycles. The first-order chi connectivity index (χ1) is 16.7. The molecule has 0 bridgehead atoms. The van der Waals surface area contributed by atoms with E-state index in [4.69, 9.17) is 0 Å². The van der Waals surface area contributed by atoms with E-state index in [0.29, 0.717) is 24.0 Å². The summed E-state index contributed by atoms with van der Waals surface area (Å²) in [4.78, 5) is 20.3. The second kappa shape index (κ2) is 8.07. The summed E-state index contributed by atoms with van der Waals surface area (Å²) in [7, 11) is 0. The Kier molecular flexibility index (Phi) is 5.20. The van der Waals surface area contributed by atoms with Crippen LogP contribution in [0.25, 0.3) is 16.9 Å². The quantitative estimate of drug-likeness (QED) is 0.431. The van der Waals surface area contributed by atoms with Gasteiger partial charge in [0, 0.05) is 29.3 Å². The van der Waals surface area contributed by atoms with Crippen LogP contribution in [0.4, 0.5) is 13.2 Å². The van der Waals surface area contributed by atoms with E-state index < -0.39 is 11.9 Å². The second-order valence-electron chi connectivity index (χ2n) is 10.6. The lowest BCUT2D eigenvalue weighted by molar-refractivity contribution is -0.143. The molecule has 2 aliphatic carbocycles. The number of piperidine rings is 1. The summed E-state index contributed by atoms with van der Waals surface area (Å²) in [6.07, 6.45) is 1.23. The summed E-state index contributed by atoms with van der Waals surface area (Å²) in [5, 5.41) is 4.25. The molecule has 0 unspecified atom stereocenters. The van der Waals surface area contributed by atoms with E-state index in [1.807, 2.05) is 36.1 Å². The number of rotatable bonds is 1. The Balaban J connectivity index is 1.47. The normalized spacial score (nSPS) is 26.3. The van der Waals surface area contributed by atoms with Gasteiger partial charge in [-0.1, -0.05) is 31.2 Å². The maximum atomic E-state index is 14.4. The molecule has 0 spiro atoms. The van der Waals surface area contributed by atoms with Crippen LogP contribution in [0.3, 0.4) is 0 Å². The molecule has 2 aromatic heterocycles. The molecule has 1 amide bonds. The highest BCUT2D eigenvalue weighted by molar-refractivity contribution is 5.94. The van der Waals surface area contributed by atoms with Gasteiger partial charge in [-0.25, -0.2) is 9.50 Å². The molecule has 3 aliphatic rings. The second-order valence-corrected chi connectivity index (χ2v) is 10.6. The van der Waals surface area contributed by atoms with Crippen LogP contribution in [0.15, 0.2) is 30.3 Å². The van der Waals surface area contributed by atoms with Crippen molar-refractivity contribution in [3.8, 4) is 11.3 Å². The molecule has 0 N–H and O–H groups in total. The van der Waals surface area contributed by atoms with Crippen LogP contribution in [-0.4, -0.2) is 37.5 Å². The summed E-state index contributed by atoms with van der Waals surface area (Å²) >= 11 is 0. The van der Waals surface area contributed by atoms with Crippen molar-refractivity contribution < 1.29 is 18.0 Å². The summed E-state index contributed by atoms with van der Waals surface area (Å²) in [5.74, 6) is 0.812.